The largest absolute Gasteiger partial charge is 0.491 e. The minimum atomic E-state index is -0.154. The van der Waals surface area contributed by atoms with Crippen LogP contribution in [0.1, 0.15) is 29.0 Å². The number of furan rings is 1. The average molecular weight is 301 g/mol. The first-order valence-corrected chi connectivity index (χ1v) is 7.46. The molecule has 1 aromatic heterocycles. The molecule has 1 aliphatic heterocycles. The zero-order valence-electron chi connectivity index (χ0n) is 12.3. The van der Waals surface area contributed by atoms with E-state index in [0.717, 1.165) is 25.2 Å². The summed E-state index contributed by atoms with van der Waals surface area (Å²) in [5.74, 6) is 1.25. The van der Waals surface area contributed by atoms with Crippen LogP contribution in [-0.2, 0) is 11.3 Å². The van der Waals surface area contributed by atoms with Gasteiger partial charge in [0.1, 0.15) is 18.1 Å². The van der Waals surface area contributed by atoms with Crippen molar-refractivity contribution in [3.8, 4) is 5.75 Å². The van der Waals surface area contributed by atoms with Crippen LogP contribution in [0.5, 0.6) is 5.75 Å². The molecule has 22 heavy (non-hydrogen) atoms. The minimum Gasteiger partial charge on any atom is -0.491 e. The smallest absolute Gasteiger partial charge is 0.251 e. The normalized spacial score (nSPS) is 17.4. The second-order valence-electron chi connectivity index (χ2n) is 5.24. The second-order valence-corrected chi connectivity index (χ2v) is 5.24. The molecule has 0 spiro atoms. The molecule has 0 radical (unpaired) electrons. The fourth-order valence-corrected chi connectivity index (χ4v) is 2.37. The lowest BCUT2D eigenvalue weighted by Crippen LogP contribution is -2.22. The standard InChI is InChI=1S/C17H19NO4/c19-17(18-11-15-6-2-8-20-15)13-4-1-5-14(10-13)22-12-16-7-3-9-21-16/h1-2,4-6,8,10,16H,3,7,9,11-12H2,(H,18,19). The maximum atomic E-state index is 12.1. The van der Waals surface area contributed by atoms with Crippen LogP contribution < -0.4 is 10.1 Å². The molecule has 5 heteroatoms. The highest BCUT2D eigenvalue weighted by molar-refractivity contribution is 5.94. The Labute approximate surface area is 129 Å². The van der Waals surface area contributed by atoms with Crippen molar-refractivity contribution in [2.24, 2.45) is 0 Å². The number of nitrogens with one attached hydrogen (secondary N) is 1. The number of carbonyl (C=O) groups is 1. The van der Waals surface area contributed by atoms with Gasteiger partial charge in [0.05, 0.1) is 18.9 Å². The van der Waals surface area contributed by atoms with E-state index in [2.05, 4.69) is 5.32 Å². The van der Waals surface area contributed by atoms with Gasteiger partial charge in [-0.05, 0) is 43.2 Å². The van der Waals surface area contributed by atoms with Crippen LogP contribution in [0.4, 0.5) is 0 Å². The molecular weight excluding hydrogens is 282 g/mol. The SMILES string of the molecule is O=C(NCc1ccco1)c1cccc(OCC2CCCO2)c1. The summed E-state index contributed by atoms with van der Waals surface area (Å²) in [6.45, 7) is 1.70. The van der Waals surface area contributed by atoms with Gasteiger partial charge in [0.15, 0.2) is 0 Å². The first-order chi connectivity index (χ1) is 10.8. The summed E-state index contributed by atoms with van der Waals surface area (Å²) in [7, 11) is 0. The molecule has 116 valence electrons. The van der Waals surface area contributed by atoms with E-state index in [0.29, 0.717) is 24.5 Å². The summed E-state index contributed by atoms with van der Waals surface area (Å²) in [6, 6.07) is 10.8. The van der Waals surface area contributed by atoms with E-state index in [4.69, 9.17) is 13.9 Å². The van der Waals surface area contributed by atoms with Crippen LogP contribution in [0.2, 0.25) is 0 Å². The minimum absolute atomic E-state index is 0.154. The molecule has 0 bridgehead atoms. The highest BCUT2D eigenvalue weighted by Crippen LogP contribution is 2.17. The number of amides is 1. The fourth-order valence-electron chi connectivity index (χ4n) is 2.37. The zero-order valence-corrected chi connectivity index (χ0v) is 12.3. The molecule has 1 unspecified atom stereocenters. The maximum Gasteiger partial charge on any atom is 0.251 e. The number of carbonyl (C=O) groups excluding carboxylic acids is 1. The Kier molecular flexibility index (Phi) is 4.75. The lowest BCUT2D eigenvalue weighted by atomic mass is 10.2. The average Bonchev–Trinajstić information content (AvgIpc) is 3.24. The molecule has 1 amide bonds. The molecule has 3 rings (SSSR count). The molecular formula is C17H19NO4. The van der Waals surface area contributed by atoms with Crippen molar-refractivity contribution in [1.29, 1.82) is 0 Å². The summed E-state index contributed by atoms with van der Waals surface area (Å²) in [5.41, 5.74) is 0.566. The van der Waals surface area contributed by atoms with Gasteiger partial charge in [0, 0.05) is 12.2 Å². The topological polar surface area (TPSA) is 60.7 Å². The molecule has 0 saturated carbocycles. The van der Waals surface area contributed by atoms with Crippen LogP contribution in [-0.4, -0.2) is 25.2 Å². The highest BCUT2D eigenvalue weighted by Gasteiger charge is 2.16. The van der Waals surface area contributed by atoms with E-state index in [1.54, 1.807) is 24.5 Å². The van der Waals surface area contributed by atoms with Crippen molar-refractivity contribution < 1.29 is 18.7 Å². The van der Waals surface area contributed by atoms with Gasteiger partial charge in [-0.2, -0.15) is 0 Å². The van der Waals surface area contributed by atoms with Crippen molar-refractivity contribution in [2.45, 2.75) is 25.5 Å². The number of hydrogen-bond acceptors (Lipinski definition) is 4. The summed E-state index contributed by atoms with van der Waals surface area (Å²) in [5, 5.41) is 2.81. The fraction of sp³-hybridized carbons (Fsp3) is 0.353. The molecule has 2 heterocycles. The van der Waals surface area contributed by atoms with Crippen molar-refractivity contribution in [3.63, 3.8) is 0 Å². The second kappa shape index (κ2) is 7.13. The predicted molar refractivity (Wildman–Crippen MR) is 80.8 cm³/mol. The highest BCUT2D eigenvalue weighted by atomic mass is 16.5. The Morgan fingerprint density at radius 2 is 2.27 bits per heavy atom. The Hall–Kier alpha value is -2.27. The van der Waals surface area contributed by atoms with E-state index in [-0.39, 0.29) is 12.0 Å². The van der Waals surface area contributed by atoms with Gasteiger partial charge in [0.25, 0.3) is 5.91 Å². The van der Waals surface area contributed by atoms with Gasteiger partial charge in [-0.1, -0.05) is 6.07 Å². The summed E-state index contributed by atoms with van der Waals surface area (Å²) in [6.07, 6.45) is 3.87. The molecule has 1 aromatic carbocycles. The molecule has 5 nitrogen and oxygen atoms in total. The first kappa shape index (κ1) is 14.7. The maximum absolute atomic E-state index is 12.1. The molecule has 1 N–H and O–H groups in total. The van der Waals surface area contributed by atoms with Crippen molar-refractivity contribution >= 4 is 5.91 Å². The Bertz CT molecular complexity index is 603. The zero-order chi connectivity index (χ0) is 15.2. The van der Waals surface area contributed by atoms with Gasteiger partial charge in [0.2, 0.25) is 0 Å². The Morgan fingerprint density at radius 3 is 3.05 bits per heavy atom. The summed E-state index contributed by atoms with van der Waals surface area (Å²) >= 11 is 0. The molecule has 0 aliphatic carbocycles. The lowest BCUT2D eigenvalue weighted by Gasteiger charge is -2.12. The van der Waals surface area contributed by atoms with Gasteiger partial charge < -0.3 is 19.2 Å². The van der Waals surface area contributed by atoms with Crippen molar-refractivity contribution in [2.75, 3.05) is 13.2 Å². The molecule has 1 saturated heterocycles. The lowest BCUT2D eigenvalue weighted by molar-refractivity contribution is 0.0679. The predicted octanol–water partition coefficient (Wildman–Crippen LogP) is 2.77. The number of ether oxygens (including phenoxy) is 2. The van der Waals surface area contributed by atoms with Crippen LogP contribution in [0.15, 0.2) is 47.1 Å². The third-order valence-corrected chi connectivity index (χ3v) is 3.56. The third kappa shape index (κ3) is 3.89. The Morgan fingerprint density at radius 1 is 1.32 bits per heavy atom. The summed E-state index contributed by atoms with van der Waals surface area (Å²) in [4.78, 5) is 12.1. The van der Waals surface area contributed by atoms with Crippen LogP contribution >= 0.6 is 0 Å². The quantitative estimate of drug-likeness (QED) is 0.891. The van der Waals surface area contributed by atoms with E-state index in [1.165, 1.54) is 0 Å². The third-order valence-electron chi connectivity index (χ3n) is 3.56. The van der Waals surface area contributed by atoms with E-state index < -0.39 is 0 Å². The van der Waals surface area contributed by atoms with E-state index >= 15 is 0 Å². The van der Waals surface area contributed by atoms with Crippen molar-refractivity contribution in [3.05, 3.63) is 54.0 Å². The number of hydrogen-bond donors (Lipinski definition) is 1. The summed E-state index contributed by atoms with van der Waals surface area (Å²) < 4.78 is 16.4. The molecule has 1 aliphatic rings. The van der Waals surface area contributed by atoms with Gasteiger partial charge in [-0.25, -0.2) is 0 Å². The van der Waals surface area contributed by atoms with Gasteiger partial charge >= 0.3 is 0 Å². The number of rotatable bonds is 6. The molecule has 1 fully saturated rings. The van der Waals surface area contributed by atoms with Crippen LogP contribution in [0.3, 0.4) is 0 Å². The molecule has 2 aromatic rings. The van der Waals surface area contributed by atoms with E-state index in [1.807, 2.05) is 18.2 Å². The monoisotopic (exact) mass is 301 g/mol. The Balaban J connectivity index is 1.54. The number of benzene rings is 1. The molecule has 1 atom stereocenters. The first-order valence-electron chi connectivity index (χ1n) is 7.46. The van der Waals surface area contributed by atoms with Crippen LogP contribution in [0.25, 0.3) is 0 Å². The van der Waals surface area contributed by atoms with Gasteiger partial charge in [-0.3, -0.25) is 4.79 Å². The van der Waals surface area contributed by atoms with E-state index in [9.17, 15) is 4.79 Å². The van der Waals surface area contributed by atoms with Crippen LogP contribution in [0, 0.1) is 0 Å². The van der Waals surface area contributed by atoms with Crippen molar-refractivity contribution in [1.82, 2.24) is 5.32 Å². The van der Waals surface area contributed by atoms with Gasteiger partial charge in [-0.15, -0.1) is 0 Å².